The molecule has 0 spiro atoms. The van der Waals surface area contributed by atoms with Gasteiger partial charge in [0.15, 0.2) is 5.58 Å². The second-order valence-corrected chi connectivity index (χ2v) is 9.95. The molecule has 1 aliphatic carbocycles. The van der Waals surface area contributed by atoms with E-state index < -0.39 is 5.54 Å². The van der Waals surface area contributed by atoms with Gasteiger partial charge in [-0.2, -0.15) is 0 Å². The fraction of sp³-hybridized carbons (Fsp3) is 0.440. The number of carbonyl (C=O) groups excluding carboxylic acids is 2. The number of rotatable bonds is 4. The molecule has 1 aliphatic heterocycles. The number of amides is 2. The molecule has 1 atom stereocenters. The van der Waals surface area contributed by atoms with Gasteiger partial charge in [-0.3, -0.25) is 9.59 Å². The van der Waals surface area contributed by atoms with Crippen LogP contribution in [0.1, 0.15) is 55.6 Å². The van der Waals surface area contributed by atoms with Crippen molar-refractivity contribution in [2.75, 3.05) is 0 Å². The number of nitrogens with one attached hydrogen (secondary N) is 1. The third kappa shape index (κ3) is 3.60. The van der Waals surface area contributed by atoms with Crippen molar-refractivity contribution in [1.29, 1.82) is 0 Å². The predicted molar refractivity (Wildman–Crippen MR) is 123 cm³/mol. The standard InChI is InChI=1S/C25H28ClN3O3/c1-16-6-8-19(9-7-16)27-24(31)25(2)15-28-20-10-11-32-22(20)13-21(28)23(30)29(25)14-17-4-3-5-18(26)12-17/h3-5,10-13,16,19H,6-9,14-15H2,1-2H3,(H,27,31)/t16?,19?,25-/m0/s1. The van der Waals surface area contributed by atoms with E-state index in [1.165, 1.54) is 0 Å². The van der Waals surface area contributed by atoms with Crippen molar-refractivity contribution in [2.45, 2.75) is 64.2 Å². The monoisotopic (exact) mass is 453 g/mol. The van der Waals surface area contributed by atoms with Crippen LogP contribution in [0, 0.1) is 5.92 Å². The lowest BCUT2D eigenvalue weighted by atomic mass is 9.86. The molecule has 1 fully saturated rings. The van der Waals surface area contributed by atoms with Crippen molar-refractivity contribution in [1.82, 2.24) is 14.8 Å². The van der Waals surface area contributed by atoms with Gasteiger partial charge < -0.3 is 19.2 Å². The molecular formula is C25H28ClN3O3. The Morgan fingerprint density at radius 3 is 2.75 bits per heavy atom. The molecule has 2 amide bonds. The predicted octanol–water partition coefficient (Wildman–Crippen LogP) is 5.00. The highest BCUT2D eigenvalue weighted by Crippen LogP contribution is 2.34. The Bertz CT molecular complexity index is 1170. The smallest absolute Gasteiger partial charge is 0.271 e. The summed E-state index contributed by atoms with van der Waals surface area (Å²) in [6, 6.07) is 11.2. The lowest BCUT2D eigenvalue weighted by molar-refractivity contribution is -0.134. The Labute approximate surface area is 192 Å². The maximum absolute atomic E-state index is 13.7. The Hall–Kier alpha value is -2.73. The largest absolute Gasteiger partial charge is 0.463 e. The van der Waals surface area contributed by atoms with Crippen LogP contribution in [0.25, 0.3) is 11.1 Å². The van der Waals surface area contributed by atoms with Gasteiger partial charge >= 0.3 is 0 Å². The van der Waals surface area contributed by atoms with Gasteiger partial charge in [0.2, 0.25) is 5.91 Å². The molecule has 0 radical (unpaired) electrons. The average molecular weight is 454 g/mol. The lowest BCUT2D eigenvalue weighted by Gasteiger charge is -2.45. The summed E-state index contributed by atoms with van der Waals surface area (Å²) in [5.74, 6) is 0.409. The van der Waals surface area contributed by atoms with E-state index in [1.807, 2.05) is 35.8 Å². The lowest BCUT2D eigenvalue weighted by Crippen LogP contribution is -2.64. The molecule has 5 rings (SSSR count). The number of hydrogen-bond donors (Lipinski definition) is 1. The van der Waals surface area contributed by atoms with Gasteiger partial charge in [0.05, 0.1) is 18.3 Å². The molecular weight excluding hydrogens is 426 g/mol. The zero-order chi connectivity index (χ0) is 22.5. The molecule has 6 nitrogen and oxygen atoms in total. The summed E-state index contributed by atoms with van der Waals surface area (Å²) < 4.78 is 7.45. The normalized spacial score (nSPS) is 25.7. The highest BCUT2D eigenvalue weighted by Gasteiger charge is 2.48. The Balaban J connectivity index is 1.51. The Morgan fingerprint density at radius 2 is 2.00 bits per heavy atom. The third-order valence-electron chi connectivity index (χ3n) is 7.12. The van der Waals surface area contributed by atoms with Crippen molar-refractivity contribution in [3.63, 3.8) is 0 Å². The van der Waals surface area contributed by atoms with E-state index in [1.54, 1.807) is 23.3 Å². The molecule has 168 valence electrons. The van der Waals surface area contributed by atoms with E-state index >= 15 is 0 Å². The van der Waals surface area contributed by atoms with E-state index in [9.17, 15) is 9.59 Å². The van der Waals surface area contributed by atoms with Crippen LogP contribution in [0.15, 0.2) is 47.1 Å². The summed E-state index contributed by atoms with van der Waals surface area (Å²) in [6.07, 6.45) is 5.80. The van der Waals surface area contributed by atoms with Crippen LogP contribution in [-0.2, 0) is 17.9 Å². The maximum atomic E-state index is 13.7. The number of carbonyl (C=O) groups is 2. The fourth-order valence-corrected chi connectivity index (χ4v) is 5.30. The third-order valence-corrected chi connectivity index (χ3v) is 7.35. The van der Waals surface area contributed by atoms with E-state index in [2.05, 4.69) is 12.2 Å². The van der Waals surface area contributed by atoms with Crippen LogP contribution in [0.4, 0.5) is 0 Å². The van der Waals surface area contributed by atoms with Crippen molar-refractivity contribution < 1.29 is 14.0 Å². The number of furan rings is 1. The molecule has 1 aromatic carbocycles. The first-order valence-electron chi connectivity index (χ1n) is 11.3. The Kier molecular flexibility index (Phi) is 5.28. The highest BCUT2D eigenvalue weighted by molar-refractivity contribution is 6.30. The summed E-state index contributed by atoms with van der Waals surface area (Å²) in [5.41, 5.74) is 1.88. The van der Waals surface area contributed by atoms with E-state index in [0.29, 0.717) is 35.3 Å². The van der Waals surface area contributed by atoms with Gasteiger partial charge in [0.1, 0.15) is 11.2 Å². The molecule has 0 bridgehead atoms. The number of hydrogen-bond acceptors (Lipinski definition) is 3. The van der Waals surface area contributed by atoms with Gasteiger partial charge in [0.25, 0.3) is 5.91 Å². The fourth-order valence-electron chi connectivity index (χ4n) is 5.08. The zero-order valence-corrected chi connectivity index (χ0v) is 19.2. The quantitative estimate of drug-likeness (QED) is 0.604. The molecule has 3 aromatic rings. The topological polar surface area (TPSA) is 67.5 Å². The second-order valence-electron chi connectivity index (χ2n) is 9.51. The highest BCUT2D eigenvalue weighted by atomic mass is 35.5. The zero-order valence-electron chi connectivity index (χ0n) is 18.4. The van der Waals surface area contributed by atoms with Crippen molar-refractivity contribution in [2.24, 2.45) is 5.92 Å². The average Bonchev–Trinajstić information content (AvgIpc) is 3.35. The van der Waals surface area contributed by atoms with Crippen LogP contribution in [0.3, 0.4) is 0 Å². The second kappa shape index (κ2) is 8.00. The maximum Gasteiger partial charge on any atom is 0.271 e. The van der Waals surface area contributed by atoms with Gasteiger partial charge in [-0.25, -0.2) is 0 Å². The molecule has 2 aliphatic rings. The van der Waals surface area contributed by atoms with Crippen molar-refractivity contribution in [3.8, 4) is 0 Å². The number of nitrogens with zero attached hydrogens (tertiary/aromatic N) is 2. The number of halogens is 1. The number of fused-ring (bicyclic) bond motifs is 3. The van der Waals surface area contributed by atoms with Gasteiger partial charge in [-0.05, 0) is 56.2 Å². The van der Waals surface area contributed by atoms with Crippen molar-refractivity contribution >= 4 is 34.5 Å². The summed E-state index contributed by atoms with van der Waals surface area (Å²) in [4.78, 5) is 29.1. The number of aromatic nitrogens is 1. The SMILES string of the molecule is CC1CCC(NC(=O)[C@]2(C)Cn3c(cc4occc43)C(=O)N2Cc2cccc(Cl)c2)CC1. The van der Waals surface area contributed by atoms with E-state index in [0.717, 1.165) is 36.8 Å². The minimum absolute atomic E-state index is 0.108. The van der Waals surface area contributed by atoms with Crippen LogP contribution in [0.2, 0.25) is 5.02 Å². The molecule has 2 aromatic heterocycles. The summed E-state index contributed by atoms with van der Waals surface area (Å²) in [5, 5.41) is 3.87. The first kappa shape index (κ1) is 21.1. The molecule has 1 saturated carbocycles. The van der Waals surface area contributed by atoms with Gasteiger partial charge in [-0.15, -0.1) is 0 Å². The summed E-state index contributed by atoms with van der Waals surface area (Å²) in [7, 11) is 0. The minimum atomic E-state index is -1.04. The van der Waals surface area contributed by atoms with Gasteiger partial charge in [-0.1, -0.05) is 30.7 Å². The molecule has 3 heterocycles. The first-order chi connectivity index (χ1) is 15.3. The van der Waals surface area contributed by atoms with Crippen LogP contribution in [0.5, 0.6) is 0 Å². The molecule has 32 heavy (non-hydrogen) atoms. The minimum Gasteiger partial charge on any atom is -0.463 e. The van der Waals surface area contributed by atoms with Gasteiger partial charge in [0, 0.05) is 29.7 Å². The van der Waals surface area contributed by atoms with Crippen LogP contribution < -0.4 is 5.32 Å². The molecule has 0 unspecified atom stereocenters. The molecule has 7 heteroatoms. The van der Waals surface area contributed by atoms with Crippen LogP contribution in [-0.4, -0.2) is 32.9 Å². The first-order valence-corrected chi connectivity index (χ1v) is 11.7. The summed E-state index contributed by atoms with van der Waals surface area (Å²) >= 11 is 6.19. The van der Waals surface area contributed by atoms with E-state index in [-0.39, 0.29) is 17.9 Å². The number of benzene rings is 1. The summed E-state index contributed by atoms with van der Waals surface area (Å²) in [6.45, 7) is 4.80. The molecule has 1 N–H and O–H groups in total. The van der Waals surface area contributed by atoms with E-state index in [4.69, 9.17) is 16.0 Å². The Morgan fingerprint density at radius 1 is 1.22 bits per heavy atom. The van der Waals surface area contributed by atoms with Crippen molar-refractivity contribution in [3.05, 3.63) is 58.9 Å². The van der Waals surface area contributed by atoms with Crippen LogP contribution >= 0.6 is 11.6 Å². The molecule has 0 saturated heterocycles.